The molecule has 0 spiro atoms. The first-order chi connectivity index (χ1) is 4.77. The molecular formula is C7H13NO2. The second kappa shape index (κ2) is 6.26. The van der Waals surface area contributed by atoms with E-state index in [1.54, 1.807) is 13.1 Å². The lowest BCUT2D eigenvalue weighted by atomic mass is 10.2. The lowest BCUT2D eigenvalue weighted by molar-refractivity contribution is -0.117. The van der Waals surface area contributed by atoms with Crippen molar-refractivity contribution in [3.63, 3.8) is 0 Å². The maximum Gasteiger partial charge on any atom is 0.129 e. The van der Waals surface area contributed by atoms with E-state index >= 15 is 0 Å². The lowest BCUT2D eigenvalue weighted by Crippen LogP contribution is -1.89. The summed E-state index contributed by atoms with van der Waals surface area (Å²) in [7, 11) is 1.50. The summed E-state index contributed by atoms with van der Waals surface area (Å²) in [5.74, 6) is 0.228. The third-order valence-corrected chi connectivity index (χ3v) is 1.04. The van der Waals surface area contributed by atoms with Gasteiger partial charge in [-0.3, -0.25) is 0 Å². The average molecular weight is 143 g/mol. The molecule has 0 aliphatic rings. The fourth-order valence-electron chi connectivity index (χ4n) is 0.570. The first-order valence-electron chi connectivity index (χ1n) is 3.31. The maximum atomic E-state index is 10.4. The van der Waals surface area contributed by atoms with Crippen LogP contribution < -0.4 is 0 Å². The van der Waals surface area contributed by atoms with Crippen molar-refractivity contribution in [3.05, 3.63) is 0 Å². The number of ketones is 1. The van der Waals surface area contributed by atoms with Crippen molar-refractivity contribution in [2.75, 3.05) is 7.11 Å². The number of carbonyl (C=O) groups is 1. The summed E-state index contributed by atoms with van der Waals surface area (Å²) in [4.78, 5) is 14.8. The highest BCUT2D eigenvalue weighted by molar-refractivity contribution is 5.75. The van der Waals surface area contributed by atoms with E-state index in [1.165, 1.54) is 7.11 Å². The molecule has 58 valence electrons. The van der Waals surface area contributed by atoms with Gasteiger partial charge in [-0.2, -0.15) is 0 Å². The smallest absolute Gasteiger partial charge is 0.129 e. The molecule has 0 aromatic rings. The SMILES string of the molecule is CON=CCCCC(C)=O. The molecule has 0 bridgehead atoms. The Kier molecular flexibility index (Phi) is 5.72. The van der Waals surface area contributed by atoms with Gasteiger partial charge >= 0.3 is 0 Å². The zero-order valence-corrected chi connectivity index (χ0v) is 6.46. The number of nitrogens with zero attached hydrogens (tertiary/aromatic N) is 1. The van der Waals surface area contributed by atoms with Crippen LogP contribution in [0.1, 0.15) is 26.2 Å². The Morgan fingerprint density at radius 3 is 2.90 bits per heavy atom. The fourth-order valence-corrected chi connectivity index (χ4v) is 0.570. The Balaban J connectivity index is 3.05. The van der Waals surface area contributed by atoms with Crippen molar-refractivity contribution in [1.82, 2.24) is 0 Å². The molecule has 0 unspecified atom stereocenters. The van der Waals surface area contributed by atoms with Gasteiger partial charge in [0.1, 0.15) is 12.9 Å². The molecule has 0 N–H and O–H groups in total. The molecular weight excluding hydrogens is 130 g/mol. The van der Waals surface area contributed by atoms with Crippen LogP contribution >= 0.6 is 0 Å². The van der Waals surface area contributed by atoms with Crippen LogP contribution in [0.15, 0.2) is 5.16 Å². The summed E-state index contributed by atoms with van der Waals surface area (Å²) in [6.45, 7) is 1.59. The second-order valence-corrected chi connectivity index (χ2v) is 2.06. The fraction of sp³-hybridized carbons (Fsp3) is 0.714. The van der Waals surface area contributed by atoms with Crippen molar-refractivity contribution >= 4 is 12.0 Å². The first-order valence-corrected chi connectivity index (χ1v) is 3.31. The van der Waals surface area contributed by atoms with Crippen LogP contribution in [-0.4, -0.2) is 19.1 Å². The van der Waals surface area contributed by atoms with Gasteiger partial charge in [0.15, 0.2) is 0 Å². The van der Waals surface area contributed by atoms with Gasteiger partial charge in [0.05, 0.1) is 0 Å². The standard InChI is InChI=1S/C7H13NO2/c1-7(9)5-3-4-6-8-10-2/h6H,3-5H2,1-2H3. The summed E-state index contributed by atoms with van der Waals surface area (Å²) in [5.41, 5.74) is 0. The highest BCUT2D eigenvalue weighted by Gasteiger charge is 1.90. The van der Waals surface area contributed by atoms with Gasteiger partial charge in [0.25, 0.3) is 0 Å². The van der Waals surface area contributed by atoms with Gasteiger partial charge in [0, 0.05) is 12.6 Å². The number of rotatable bonds is 5. The Hall–Kier alpha value is -0.860. The molecule has 0 aliphatic heterocycles. The Labute approximate surface area is 61.1 Å². The quantitative estimate of drug-likeness (QED) is 0.331. The molecule has 0 rings (SSSR count). The van der Waals surface area contributed by atoms with E-state index in [0.29, 0.717) is 6.42 Å². The van der Waals surface area contributed by atoms with Crippen LogP contribution in [0.4, 0.5) is 0 Å². The van der Waals surface area contributed by atoms with Gasteiger partial charge in [0.2, 0.25) is 0 Å². The van der Waals surface area contributed by atoms with E-state index < -0.39 is 0 Å². The summed E-state index contributed by atoms with van der Waals surface area (Å²) in [5, 5.41) is 3.53. The Bertz CT molecular complexity index is 121. The number of Topliss-reactive ketones (excluding diaryl/α,β-unsaturated/α-hetero) is 1. The normalized spacial score (nSPS) is 10.2. The third kappa shape index (κ3) is 7.14. The number of hydrogen-bond donors (Lipinski definition) is 0. The average Bonchev–Trinajstić information content (AvgIpc) is 1.87. The molecule has 0 fully saturated rings. The summed E-state index contributed by atoms with van der Waals surface area (Å²) < 4.78 is 0. The van der Waals surface area contributed by atoms with Crippen molar-refractivity contribution in [2.24, 2.45) is 5.16 Å². The molecule has 10 heavy (non-hydrogen) atoms. The highest BCUT2D eigenvalue weighted by atomic mass is 16.6. The number of oxime groups is 1. The predicted octanol–water partition coefficient (Wildman–Crippen LogP) is 1.38. The minimum atomic E-state index is 0.228. The first kappa shape index (κ1) is 9.14. The highest BCUT2D eigenvalue weighted by Crippen LogP contribution is 1.93. The van der Waals surface area contributed by atoms with Crippen LogP contribution in [0.3, 0.4) is 0 Å². The Morgan fingerprint density at radius 2 is 2.40 bits per heavy atom. The summed E-state index contributed by atoms with van der Waals surface area (Å²) in [6, 6.07) is 0. The summed E-state index contributed by atoms with van der Waals surface area (Å²) >= 11 is 0. The van der Waals surface area contributed by atoms with Crippen molar-refractivity contribution < 1.29 is 9.63 Å². The van der Waals surface area contributed by atoms with E-state index in [9.17, 15) is 4.79 Å². The van der Waals surface area contributed by atoms with Crippen molar-refractivity contribution in [1.29, 1.82) is 0 Å². The molecule has 0 radical (unpaired) electrons. The number of unbranched alkanes of at least 4 members (excludes halogenated alkanes) is 1. The monoisotopic (exact) mass is 143 g/mol. The second-order valence-electron chi connectivity index (χ2n) is 2.06. The van der Waals surface area contributed by atoms with Gasteiger partial charge < -0.3 is 9.63 Å². The van der Waals surface area contributed by atoms with Gasteiger partial charge in [-0.05, 0) is 19.8 Å². The molecule has 0 atom stereocenters. The molecule has 0 aromatic carbocycles. The van der Waals surface area contributed by atoms with Crippen LogP contribution in [-0.2, 0) is 9.63 Å². The van der Waals surface area contributed by atoms with Crippen molar-refractivity contribution in [2.45, 2.75) is 26.2 Å². The maximum absolute atomic E-state index is 10.4. The van der Waals surface area contributed by atoms with Gasteiger partial charge in [-0.1, -0.05) is 5.16 Å². The third-order valence-electron chi connectivity index (χ3n) is 1.04. The molecule has 0 aliphatic carbocycles. The van der Waals surface area contributed by atoms with E-state index in [4.69, 9.17) is 0 Å². The predicted molar refractivity (Wildman–Crippen MR) is 40.0 cm³/mol. The number of carbonyl (C=O) groups excluding carboxylic acids is 1. The minimum absolute atomic E-state index is 0.228. The topological polar surface area (TPSA) is 38.7 Å². The molecule has 3 nitrogen and oxygen atoms in total. The molecule has 3 heteroatoms. The number of hydrogen-bond acceptors (Lipinski definition) is 3. The van der Waals surface area contributed by atoms with Gasteiger partial charge in [-0.25, -0.2) is 0 Å². The van der Waals surface area contributed by atoms with Crippen LogP contribution in [0, 0.1) is 0 Å². The van der Waals surface area contributed by atoms with E-state index in [2.05, 4.69) is 9.99 Å². The Morgan fingerprint density at radius 1 is 1.70 bits per heavy atom. The lowest BCUT2D eigenvalue weighted by Gasteiger charge is -1.89. The molecule has 0 heterocycles. The molecule has 0 amide bonds. The van der Waals surface area contributed by atoms with E-state index in [0.717, 1.165) is 12.8 Å². The van der Waals surface area contributed by atoms with E-state index in [-0.39, 0.29) is 5.78 Å². The molecule has 0 saturated carbocycles. The van der Waals surface area contributed by atoms with Crippen LogP contribution in [0.5, 0.6) is 0 Å². The van der Waals surface area contributed by atoms with Crippen LogP contribution in [0.2, 0.25) is 0 Å². The zero-order chi connectivity index (χ0) is 7.82. The van der Waals surface area contributed by atoms with Crippen LogP contribution in [0.25, 0.3) is 0 Å². The largest absolute Gasteiger partial charge is 0.399 e. The van der Waals surface area contributed by atoms with Gasteiger partial charge in [-0.15, -0.1) is 0 Å². The summed E-state index contributed by atoms with van der Waals surface area (Å²) in [6.07, 6.45) is 3.98. The van der Waals surface area contributed by atoms with E-state index in [1.807, 2.05) is 0 Å². The molecule has 0 saturated heterocycles. The zero-order valence-electron chi connectivity index (χ0n) is 6.46. The minimum Gasteiger partial charge on any atom is -0.399 e. The van der Waals surface area contributed by atoms with Crippen molar-refractivity contribution in [3.8, 4) is 0 Å². The molecule has 0 aromatic heterocycles.